The van der Waals surface area contributed by atoms with Crippen LogP contribution in [0.5, 0.6) is 0 Å². The van der Waals surface area contributed by atoms with Crippen LogP contribution in [-0.4, -0.2) is 22.7 Å². The molecule has 2 aromatic rings. The molecule has 0 aliphatic carbocycles. The summed E-state index contributed by atoms with van der Waals surface area (Å²) in [5, 5.41) is 0. The summed E-state index contributed by atoms with van der Waals surface area (Å²) < 4.78 is 5.70. The molecule has 102 valence electrons. The monoisotopic (exact) mass is 261 g/mol. The number of ether oxygens (including phenoxy) is 1. The van der Waals surface area contributed by atoms with Crippen molar-refractivity contribution in [1.82, 2.24) is 9.97 Å². The van der Waals surface area contributed by atoms with Crippen molar-refractivity contribution in [2.24, 2.45) is 11.7 Å². The molecule has 1 aliphatic heterocycles. The zero-order valence-electron chi connectivity index (χ0n) is 11.0. The van der Waals surface area contributed by atoms with Crippen LogP contribution >= 0.6 is 0 Å². The van der Waals surface area contributed by atoms with Crippen LogP contribution in [0.3, 0.4) is 0 Å². The number of benzene rings is 1. The molecule has 0 amide bonds. The van der Waals surface area contributed by atoms with Crippen molar-refractivity contribution >= 4 is 11.0 Å². The highest BCUT2D eigenvalue weighted by Gasteiger charge is 2.32. The number of rotatable bonds is 3. The third-order valence-electron chi connectivity index (χ3n) is 4.05. The van der Waals surface area contributed by atoms with Gasteiger partial charge in [-0.25, -0.2) is 4.79 Å². The van der Waals surface area contributed by atoms with E-state index < -0.39 is 0 Å². The van der Waals surface area contributed by atoms with Gasteiger partial charge in [0.15, 0.2) is 0 Å². The van der Waals surface area contributed by atoms with Crippen LogP contribution in [0.2, 0.25) is 0 Å². The minimum atomic E-state index is -0.184. The second-order valence-corrected chi connectivity index (χ2v) is 5.18. The largest absolute Gasteiger partial charge is 0.378 e. The molecule has 1 aliphatic rings. The molecule has 0 spiro atoms. The lowest BCUT2D eigenvalue weighted by Crippen LogP contribution is -2.27. The lowest BCUT2D eigenvalue weighted by Gasteiger charge is -2.24. The Kier molecular flexibility index (Phi) is 3.16. The summed E-state index contributed by atoms with van der Waals surface area (Å²) in [5.74, 6) is 0.355. The Balaban J connectivity index is 1.92. The third kappa shape index (κ3) is 2.19. The van der Waals surface area contributed by atoms with Gasteiger partial charge < -0.3 is 20.4 Å². The number of hydrogen-bond donors (Lipinski definition) is 3. The Labute approximate surface area is 111 Å². The lowest BCUT2D eigenvalue weighted by atomic mass is 9.87. The van der Waals surface area contributed by atoms with E-state index in [0.717, 1.165) is 36.0 Å². The highest BCUT2D eigenvalue weighted by molar-refractivity contribution is 5.75. The van der Waals surface area contributed by atoms with Crippen molar-refractivity contribution in [3.63, 3.8) is 0 Å². The highest BCUT2D eigenvalue weighted by atomic mass is 16.5. The number of nitrogens with one attached hydrogen (secondary N) is 2. The van der Waals surface area contributed by atoms with E-state index in [1.807, 2.05) is 18.2 Å². The van der Waals surface area contributed by atoms with Gasteiger partial charge in [-0.05, 0) is 30.5 Å². The summed E-state index contributed by atoms with van der Waals surface area (Å²) in [6, 6.07) is 5.81. The maximum absolute atomic E-state index is 11.3. The molecule has 1 aromatic heterocycles. The van der Waals surface area contributed by atoms with Gasteiger partial charge in [0.1, 0.15) is 0 Å². The van der Waals surface area contributed by atoms with E-state index in [0.29, 0.717) is 5.92 Å². The molecule has 0 saturated carbocycles. The smallest absolute Gasteiger partial charge is 0.323 e. The van der Waals surface area contributed by atoms with E-state index in [-0.39, 0.29) is 17.8 Å². The Morgan fingerprint density at radius 1 is 1.42 bits per heavy atom. The summed E-state index contributed by atoms with van der Waals surface area (Å²) in [5.41, 5.74) is 8.88. The minimum Gasteiger partial charge on any atom is -0.378 e. The normalized spacial score (nSPS) is 24.9. The third-order valence-corrected chi connectivity index (χ3v) is 4.05. The van der Waals surface area contributed by atoms with E-state index in [2.05, 4.69) is 16.9 Å². The maximum Gasteiger partial charge on any atom is 0.323 e. The topological polar surface area (TPSA) is 83.9 Å². The van der Waals surface area contributed by atoms with E-state index in [1.165, 1.54) is 0 Å². The molecule has 2 heterocycles. The number of hydrogen-bond acceptors (Lipinski definition) is 3. The first-order valence-electron chi connectivity index (χ1n) is 6.78. The molecule has 3 unspecified atom stereocenters. The Morgan fingerprint density at radius 2 is 2.21 bits per heavy atom. The number of fused-ring (bicyclic) bond motifs is 1. The van der Waals surface area contributed by atoms with Gasteiger partial charge in [-0.2, -0.15) is 0 Å². The van der Waals surface area contributed by atoms with Gasteiger partial charge in [-0.15, -0.1) is 0 Å². The fourth-order valence-corrected chi connectivity index (χ4v) is 3.00. The van der Waals surface area contributed by atoms with E-state index in [4.69, 9.17) is 10.5 Å². The minimum absolute atomic E-state index is 0.0461. The van der Waals surface area contributed by atoms with Crippen molar-refractivity contribution in [1.29, 1.82) is 0 Å². The molecule has 0 radical (unpaired) electrons. The average molecular weight is 261 g/mol. The Hall–Kier alpha value is -1.59. The van der Waals surface area contributed by atoms with Gasteiger partial charge in [0, 0.05) is 18.6 Å². The van der Waals surface area contributed by atoms with Crippen LogP contribution in [0, 0.1) is 5.92 Å². The standard InChI is InChI=1S/C14H19N3O2/c1-2-12-9(5-6-19-12)13(15)8-3-4-10-11(7-8)17-14(18)16-10/h3-4,7,9,12-13H,2,5-6,15H2,1H3,(H2,16,17,18). The molecular formula is C14H19N3O2. The number of aromatic nitrogens is 2. The summed E-state index contributed by atoms with van der Waals surface area (Å²) in [6.07, 6.45) is 2.24. The molecule has 0 bridgehead atoms. The highest BCUT2D eigenvalue weighted by Crippen LogP contribution is 2.33. The quantitative estimate of drug-likeness (QED) is 0.785. The molecule has 5 nitrogen and oxygen atoms in total. The first-order valence-corrected chi connectivity index (χ1v) is 6.78. The SMILES string of the molecule is CCC1OCCC1C(N)c1ccc2[nH]c(=O)[nH]c2c1. The van der Waals surface area contributed by atoms with Crippen LogP contribution in [-0.2, 0) is 4.74 Å². The first-order chi connectivity index (χ1) is 9.19. The number of H-pyrrole nitrogens is 2. The summed E-state index contributed by atoms with van der Waals surface area (Å²) in [6.45, 7) is 2.92. The zero-order chi connectivity index (χ0) is 13.4. The van der Waals surface area contributed by atoms with Crippen LogP contribution in [0.1, 0.15) is 31.4 Å². The van der Waals surface area contributed by atoms with Gasteiger partial charge in [0.25, 0.3) is 0 Å². The second kappa shape index (κ2) is 4.83. The van der Waals surface area contributed by atoms with Crippen molar-refractivity contribution in [3.05, 3.63) is 34.2 Å². The van der Waals surface area contributed by atoms with Crippen LogP contribution < -0.4 is 11.4 Å². The van der Waals surface area contributed by atoms with Gasteiger partial charge in [0.05, 0.1) is 17.1 Å². The maximum atomic E-state index is 11.3. The predicted molar refractivity (Wildman–Crippen MR) is 74.0 cm³/mol. The van der Waals surface area contributed by atoms with E-state index in [1.54, 1.807) is 0 Å². The number of nitrogens with two attached hydrogens (primary N) is 1. The van der Waals surface area contributed by atoms with Gasteiger partial charge >= 0.3 is 5.69 Å². The van der Waals surface area contributed by atoms with Crippen LogP contribution in [0.4, 0.5) is 0 Å². The molecule has 5 heteroatoms. The molecule has 1 fully saturated rings. The predicted octanol–water partition coefficient (Wildman–Crippen LogP) is 1.67. The summed E-state index contributed by atoms with van der Waals surface area (Å²) >= 11 is 0. The number of aromatic amines is 2. The summed E-state index contributed by atoms with van der Waals surface area (Å²) in [4.78, 5) is 16.8. The number of imidazole rings is 1. The first kappa shape index (κ1) is 12.4. The van der Waals surface area contributed by atoms with Gasteiger partial charge in [-0.3, -0.25) is 0 Å². The second-order valence-electron chi connectivity index (χ2n) is 5.18. The summed E-state index contributed by atoms with van der Waals surface area (Å²) in [7, 11) is 0. The lowest BCUT2D eigenvalue weighted by molar-refractivity contribution is 0.0813. The van der Waals surface area contributed by atoms with Crippen molar-refractivity contribution in [2.75, 3.05) is 6.61 Å². The Bertz CT molecular complexity index is 631. The van der Waals surface area contributed by atoms with E-state index in [9.17, 15) is 4.79 Å². The Morgan fingerprint density at radius 3 is 3.00 bits per heavy atom. The molecule has 3 atom stereocenters. The van der Waals surface area contributed by atoms with E-state index >= 15 is 0 Å². The van der Waals surface area contributed by atoms with Gasteiger partial charge in [-0.1, -0.05) is 13.0 Å². The molecule has 19 heavy (non-hydrogen) atoms. The van der Waals surface area contributed by atoms with Gasteiger partial charge in [0.2, 0.25) is 0 Å². The molecular weight excluding hydrogens is 242 g/mol. The average Bonchev–Trinajstić information content (AvgIpc) is 3.01. The molecule has 1 aromatic carbocycles. The fraction of sp³-hybridized carbons (Fsp3) is 0.500. The van der Waals surface area contributed by atoms with Crippen LogP contribution in [0.15, 0.2) is 23.0 Å². The molecule has 3 rings (SSSR count). The fourth-order valence-electron chi connectivity index (χ4n) is 3.00. The molecule has 1 saturated heterocycles. The van der Waals surface area contributed by atoms with Crippen molar-refractivity contribution in [2.45, 2.75) is 31.9 Å². The molecule has 4 N–H and O–H groups in total. The van der Waals surface area contributed by atoms with Crippen LogP contribution in [0.25, 0.3) is 11.0 Å². The van der Waals surface area contributed by atoms with Crippen molar-refractivity contribution in [3.8, 4) is 0 Å². The zero-order valence-corrected chi connectivity index (χ0v) is 11.0. The van der Waals surface area contributed by atoms with Crippen molar-refractivity contribution < 1.29 is 4.74 Å².